The number of aromatic nitrogens is 2. The van der Waals surface area contributed by atoms with E-state index >= 15 is 0 Å². The molecule has 0 aliphatic heterocycles. The lowest BCUT2D eigenvalue weighted by atomic mass is 9.84. The minimum atomic E-state index is 0.899. The molecule has 264 valence electrons. The van der Waals surface area contributed by atoms with Crippen LogP contribution in [0.25, 0.3) is 95.7 Å². The molecule has 1 heterocycles. The molecule has 0 fully saturated rings. The van der Waals surface area contributed by atoms with Crippen LogP contribution < -0.4 is 0 Å². The molecule has 7 aromatic carbocycles. The Morgan fingerprint density at radius 1 is 0.429 bits per heavy atom. The van der Waals surface area contributed by atoms with Gasteiger partial charge in [-0.15, -0.1) is 0 Å². The number of hydrogen-bond acceptors (Lipinski definition) is 2. The third-order valence-corrected chi connectivity index (χ3v) is 12.0. The molecule has 56 heavy (non-hydrogen) atoms. The van der Waals surface area contributed by atoms with E-state index in [0.29, 0.717) is 0 Å². The molecule has 2 nitrogen and oxygen atoms in total. The Balaban J connectivity index is 1.03. The van der Waals surface area contributed by atoms with Crippen LogP contribution in [0.4, 0.5) is 0 Å². The Morgan fingerprint density at radius 2 is 0.982 bits per heavy atom. The largest absolute Gasteiger partial charge is 0.252 e. The first kappa shape index (κ1) is 32.5. The number of nitrogens with zero attached hydrogens (tertiary/aromatic N) is 2. The van der Waals surface area contributed by atoms with Gasteiger partial charge in [0, 0.05) is 16.7 Å². The predicted octanol–water partition coefficient (Wildman–Crippen LogP) is 13.9. The van der Waals surface area contributed by atoms with Gasteiger partial charge in [-0.05, 0) is 127 Å². The van der Waals surface area contributed by atoms with Crippen molar-refractivity contribution in [1.29, 1.82) is 0 Å². The van der Waals surface area contributed by atoms with Gasteiger partial charge in [0.25, 0.3) is 0 Å². The van der Waals surface area contributed by atoms with Gasteiger partial charge in [-0.3, -0.25) is 4.98 Å². The molecule has 3 aliphatic carbocycles. The Hall–Kier alpha value is -6.90. The third-order valence-electron chi connectivity index (χ3n) is 12.0. The summed E-state index contributed by atoms with van der Waals surface area (Å²) in [6.07, 6.45) is 15.4. The lowest BCUT2D eigenvalue weighted by Crippen LogP contribution is -2.08. The fourth-order valence-corrected chi connectivity index (χ4v) is 9.27. The van der Waals surface area contributed by atoms with E-state index in [1.807, 2.05) is 6.20 Å². The van der Waals surface area contributed by atoms with Crippen molar-refractivity contribution in [2.75, 3.05) is 0 Å². The molecule has 3 aliphatic rings. The molecule has 0 saturated heterocycles. The first-order chi connectivity index (χ1) is 27.7. The topological polar surface area (TPSA) is 25.8 Å². The molecule has 0 saturated carbocycles. The van der Waals surface area contributed by atoms with E-state index in [-0.39, 0.29) is 0 Å². The summed E-state index contributed by atoms with van der Waals surface area (Å²) in [6, 6.07) is 50.6. The summed E-state index contributed by atoms with van der Waals surface area (Å²) in [5.74, 6) is 0. The monoisotopic (exact) mass is 714 g/mol. The van der Waals surface area contributed by atoms with Crippen molar-refractivity contribution < 1.29 is 0 Å². The minimum Gasteiger partial charge on any atom is -0.252 e. The number of rotatable bonds is 5. The SMILES string of the molecule is C=C1c2ccc(-c3ccccc3)cc2-c2cc(-c3ccccc3)cc(-c3ccccc3-c3ccc(-c4cnc5c6c(c7c(c5n4)C=CCC7)CCC=C6)cc3)c21. The smallest absolute Gasteiger partial charge is 0.0975 e. The van der Waals surface area contributed by atoms with Crippen LogP contribution in [0.1, 0.15) is 46.2 Å². The van der Waals surface area contributed by atoms with E-state index in [1.165, 1.54) is 83.5 Å². The maximum absolute atomic E-state index is 5.31. The van der Waals surface area contributed by atoms with E-state index < -0.39 is 0 Å². The van der Waals surface area contributed by atoms with Gasteiger partial charge < -0.3 is 0 Å². The van der Waals surface area contributed by atoms with Crippen molar-refractivity contribution in [3.63, 3.8) is 0 Å². The zero-order chi connectivity index (χ0) is 37.2. The quantitative estimate of drug-likeness (QED) is 0.177. The van der Waals surface area contributed by atoms with E-state index in [0.717, 1.165) is 59.1 Å². The number of benzene rings is 7. The van der Waals surface area contributed by atoms with Gasteiger partial charge in [0.2, 0.25) is 0 Å². The summed E-state index contributed by atoms with van der Waals surface area (Å²) >= 11 is 0. The van der Waals surface area contributed by atoms with Gasteiger partial charge in [0.05, 0.1) is 22.9 Å². The third kappa shape index (κ3) is 5.25. The van der Waals surface area contributed by atoms with Crippen LogP contribution in [0.15, 0.2) is 164 Å². The Bertz CT molecular complexity index is 2950. The highest BCUT2D eigenvalue weighted by Gasteiger charge is 2.28. The first-order valence-electron chi connectivity index (χ1n) is 19.7. The molecule has 0 N–H and O–H groups in total. The van der Waals surface area contributed by atoms with Gasteiger partial charge in [-0.2, -0.15) is 0 Å². The average Bonchev–Trinajstić information content (AvgIpc) is 3.57. The van der Waals surface area contributed by atoms with Crippen LogP contribution >= 0.6 is 0 Å². The highest BCUT2D eigenvalue weighted by Crippen LogP contribution is 2.51. The molecule has 0 unspecified atom stereocenters. The second kappa shape index (κ2) is 13.1. The van der Waals surface area contributed by atoms with Crippen molar-refractivity contribution in [2.45, 2.75) is 25.7 Å². The summed E-state index contributed by atoms with van der Waals surface area (Å²) in [6.45, 7) is 4.73. The summed E-state index contributed by atoms with van der Waals surface area (Å²) in [4.78, 5) is 10.4. The molecular formula is C54H38N2. The lowest BCUT2D eigenvalue weighted by Gasteiger charge is -2.22. The van der Waals surface area contributed by atoms with Crippen LogP contribution in [0.3, 0.4) is 0 Å². The van der Waals surface area contributed by atoms with E-state index in [2.05, 4.69) is 164 Å². The van der Waals surface area contributed by atoms with Crippen molar-refractivity contribution in [3.05, 3.63) is 198 Å². The van der Waals surface area contributed by atoms with Crippen molar-refractivity contribution in [1.82, 2.24) is 9.97 Å². The molecule has 0 bridgehead atoms. The molecule has 0 atom stereocenters. The van der Waals surface area contributed by atoms with Crippen molar-refractivity contribution in [3.8, 4) is 66.9 Å². The molecule has 0 radical (unpaired) electrons. The lowest BCUT2D eigenvalue weighted by molar-refractivity contribution is 0.908. The second-order valence-electron chi connectivity index (χ2n) is 15.2. The van der Waals surface area contributed by atoms with Crippen molar-refractivity contribution in [2.24, 2.45) is 0 Å². The van der Waals surface area contributed by atoms with Gasteiger partial charge >= 0.3 is 0 Å². The maximum atomic E-state index is 5.31. The molecule has 1 aromatic heterocycles. The zero-order valence-corrected chi connectivity index (χ0v) is 31.1. The molecule has 0 spiro atoms. The van der Waals surface area contributed by atoms with E-state index in [9.17, 15) is 0 Å². The molecule has 0 amide bonds. The van der Waals surface area contributed by atoms with Crippen LogP contribution in [0, 0.1) is 0 Å². The number of fused-ring (bicyclic) bond motifs is 9. The minimum absolute atomic E-state index is 0.899. The zero-order valence-electron chi connectivity index (χ0n) is 31.1. The molecule has 11 rings (SSSR count). The molecular weight excluding hydrogens is 677 g/mol. The normalized spacial score (nSPS) is 13.7. The van der Waals surface area contributed by atoms with Crippen LogP contribution in [-0.2, 0) is 12.8 Å². The average molecular weight is 715 g/mol. The Kier molecular flexibility index (Phi) is 7.63. The highest BCUT2D eigenvalue weighted by atomic mass is 14.8. The number of allylic oxidation sites excluding steroid dienone is 2. The van der Waals surface area contributed by atoms with Crippen molar-refractivity contribution >= 4 is 28.8 Å². The molecule has 8 aromatic rings. The predicted molar refractivity (Wildman–Crippen MR) is 235 cm³/mol. The van der Waals surface area contributed by atoms with Gasteiger partial charge in [-0.1, -0.05) is 152 Å². The maximum Gasteiger partial charge on any atom is 0.0975 e. The summed E-state index contributed by atoms with van der Waals surface area (Å²) in [5, 5.41) is 0. The first-order valence-corrected chi connectivity index (χ1v) is 19.7. The van der Waals surface area contributed by atoms with E-state index in [1.54, 1.807) is 0 Å². The molecule has 2 heteroatoms. The highest BCUT2D eigenvalue weighted by molar-refractivity contribution is 6.09. The van der Waals surface area contributed by atoms with Gasteiger partial charge in [0.15, 0.2) is 0 Å². The standard InChI is InChI=1S/C54H38N2/c1-34-41-29-28-39(35-14-4-2-5-15-35)30-48(41)50-32-40(36-16-6-3-7-17-36)31-49(52(34)50)43-19-9-8-18-42(43)37-24-26-38(27-25-37)51-33-55-53-46-22-12-10-20-44(46)45-21-11-13-23-47(45)54(53)56-51/h2-9,12-19,22-33H,1,10-11,20-21H2. The number of hydrogen-bond donors (Lipinski definition) is 0. The van der Waals surface area contributed by atoms with Crippen LogP contribution in [0.2, 0.25) is 0 Å². The summed E-state index contributed by atoms with van der Waals surface area (Å²) < 4.78 is 0. The van der Waals surface area contributed by atoms with E-state index in [4.69, 9.17) is 16.5 Å². The van der Waals surface area contributed by atoms with Crippen LogP contribution in [-0.4, -0.2) is 9.97 Å². The summed E-state index contributed by atoms with van der Waals surface area (Å²) in [5.41, 5.74) is 24.9. The Morgan fingerprint density at radius 3 is 1.68 bits per heavy atom. The summed E-state index contributed by atoms with van der Waals surface area (Å²) in [7, 11) is 0. The fourth-order valence-electron chi connectivity index (χ4n) is 9.27. The second-order valence-corrected chi connectivity index (χ2v) is 15.2. The van der Waals surface area contributed by atoms with Gasteiger partial charge in [0.1, 0.15) is 0 Å². The van der Waals surface area contributed by atoms with Gasteiger partial charge in [-0.25, -0.2) is 4.98 Å². The van der Waals surface area contributed by atoms with Crippen LogP contribution in [0.5, 0.6) is 0 Å². The fraction of sp³-hybridized carbons (Fsp3) is 0.0741. The Labute approximate surface area is 327 Å².